The van der Waals surface area contributed by atoms with Gasteiger partial charge in [0.25, 0.3) is 0 Å². The maximum Gasteiger partial charge on any atom is 0.143 e. The normalized spacial score (nSPS) is 18.3. The van der Waals surface area contributed by atoms with E-state index in [1.54, 1.807) is 0 Å². The van der Waals surface area contributed by atoms with E-state index in [1.807, 2.05) is 18.2 Å². The molecular weight excluding hydrogens is 264 g/mol. The number of aliphatic hydroxyl groups excluding tert-OH is 1. The molecule has 2 rings (SSSR count). The Bertz CT molecular complexity index is 486. The van der Waals surface area contributed by atoms with E-state index in [9.17, 15) is 5.11 Å². The van der Waals surface area contributed by atoms with Gasteiger partial charge in [0.2, 0.25) is 0 Å². The number of rotatable bonds is 5. The first-order chi connectivity index (χ1) is 9.82. The van der Waals surface area contributed by atoms with Crippen molar-refractivity contribution in [2.75, 3.05) is 24.5 Å². The van der Waals surface area contributed by atoms with Gasteiger partial charge in [0.05, 0.1) is 18.3 Å². The Morgan fingerprint density at radius 3 is 2.71 bits per heavy atom. The quantitative estimate of drug-likeness (QED) is 0.876. The third kappa shape index (κ3) is 3.89. The van der Waals surface area contributed by atoms with Gasteiger partial charge in [-0.05, 0) is 50.4 Å². The number of aliphatic hydroxyl groups is 1. The summed E-state index contributed by atoms with van der Waals surface area (Å²) in [4.78, 5) is 2.36. The van der Waals surface area contributed by atoms with Crippen molar-refractivity contribution in [3.63, 3.8) is 0 Å². The Morgan fingerprint density at radius 2 is 2.10 bits per heavy atom. The molecule has 3 N–H and O–H groups in total. The minimum absolute atomic E-state index is 0.195. The topological polar surface area (TPSA) is 58.7 Å². The highest BCUT2D eigenvalue weighted by atomic mass is 16.5. The van der Waals surface area contributed by atoms with Gasteiger partial charge in [-0.15, -0.1) is 0 Å². The van der Waals surface area contributed by atoms with Crippen LogP contribution >= 0.6 is 0 Å². The Kier molecular flexibility index (Phi) is 4.79. The van der Waals surface area contributed by atoms with Crippen LogP contribution in [-0.2, 0) is 0 Å². The maximum atomic E-state index is 10.2. The fourth-order valence-electron chi connectivity index (χ4n) is 2.88. The molecule has 0 spiro atoms. The Hall–Kier alpha value is -1.26. The second-order valence-electron chi connectivity index (χ2n) is 6.96. The molecule has 0 bridgehead atoms. The third-order valence-electron chi connectivity index (χ3n) is 3.69. The molecule has 0 aromatic heterocycles. The van der Waals surface area contributed by atoms with Crippen molar-refractivity contribution in [3.05, 3.63) is 23.8 Å². The standard InChI is InChI=1S/C17H28N2O2/c1-12(2)10-19-11-17(3,4)21-16-6-5-13(9-14(16)19)15(20)7-8-18/h5-6,9,12,15,20H,7-8,10-11,18H2,1-4H3. The van der Waals surface area contributed by atoms with Crippen LogP contribution in [0.25, 0.3) is 0 Å². The molecule has 1 aliphatic heterocycles. The SMILES string of the molecule is CC(C)CN1CC(C)(C)Oc2ccc(C(O)CCN)cc21. The van der Waals surface area contributed by atoms with Crippen molar-refractivity contribution >= 4 is 5.69 Å². The Balaban J connectivity index is 2.34. The molecule has 1 aromatic rings. The van der Waals surface area contributed by atoms with Gasteiger partial charge >= 0.3 is 0 Å². The van der Waals surface area contributed by atoms with E-state index in [0.29, 0.717) is 18.9 Å². The van der Waals surface area contributed by atoms with Gasteiger partial charge < -0.3 is 20.5 Å². The first kappa shape index (κ1) is 16.1. The predicted molar refractivity (Wildman–Crippen MR) is 86.8 cm³/mol. The lowest BCUT2D eigenvalue weighted by Gasteiger charge is -2.42. The second-order valence-corrected chi connectivity index (χ2v) is 6.96. The summed E-state index contributed by atoms with van der Waals surface area (Å²) in [6.45, 7) is 11.0. The minimum Gasteiger partial charge on any atom is -0.484 e. The first-order valence-electron chi connectivity index (χ1n) is 7.78. The van der Waals surface area contributed by atoms with Gasteiger partial charge in [0, 0.05) is 6.54 Å². The van der Waals surface area contributed by atoms with E-state index in [0.717, 1.165) is 30.1 Å². The smallest absolute Gasteiger partial charge is 0.143 e. The molecule has 0 fully saturated rings. The van der Waals surface area contributed by atoms with Crippen LogP contribution in [0.4, 0.5) is 5.69 Å². The predicted octanol–water partition coefficient (Wildman–Crippen LogP) is 2.70. The van der Waals surface area contributed by atoms with E-state index in [2.05, 4.69) is 32.6 Å². The van der Waals surface area contributed by atoms with Crippen molar-refractivity contribution in [3.8, 4) is 5.75 Å². The van der Waals surface area contributed by atoms with Crippen molar-refractivity contribution in [2.24, 2.45) is 11.7 Å². The van der Waals surface area contributed by atoms with Gasteiger partial charge in [0.1, 0.15) is 11.4 Å². The molecule has 118 valence electrons. The molecule has 0 radical (unpaired) electrons. The summed E-state index contributed by atoms with van der Waals surface area (Å²) in [5.41, 5.74) is 7.34. The van der Waals surface area contributed by atoms with E-state index >= 15 is 0 Å². The number of hydrogen-bond donors (Lipinski definition) is 2. The number of benzene rings is 1. The number of ether oxygens (including phenoxy) is 1. The summed E-state index contributed by atoms with van der Waals surface area (Å²) in [6, 6.07) is 5.96. The van der Waals surface area contributed by atoms with Gasteiger partial charge in [-0.25, -0.2) is 0 Å². The zero-order valence-corrected chi connectivity index (χ0v) is 13.6. The van der Waals surface area contributed by atoms with Crippen LogP contribution in [0.15, 0.2) is 18.2 Å². The van der Waals surface area contributed by atoms with Crippen LogP contribution in [0.5, 0.6) is 5.75 Å². The number of nitrogens with zero attached hydrogens (tertiary/aromatic N) is 1. The highest BCUT2D eigenvalue weighted by molar-refractivity contribution is 5.62. The molecule has 0 saturated carbocycles. The largest absolute Gasteiger partial charge is 0.484 e. The van der Waals surface area contributed by atoms with E-state index in [4.69, 9.17) is 10.5 Å². The molecule has 4 nitrogen and oxygen atoms in total. The van der Waals surface area contributed by atoms with Crippen molar-refractivity contribution in [2.45, 2.75) is 45.8 Å². The second kappa shape index (κ2) is 6.24. The fourth-order valence-corrected chi connectivity index (χ4v) is 2.88. The molecule has 1 heterocycles. The van der Waals surface area contributed by atoms with Crippen LogP contribution in [0, 0.1) is 5.92 Å². The van der Waals surface area contributed by atoms with Crippen molar-refractivity contribution in [1.29, 1.82) is 0 Å². The molecule has 0 amide bonds. The van der Waals surface area contributed by atoms with Crippen molar-refractivity contribution in [1.82, 2.24) is 0 Å². The van der Waals surface area contributed by atoms with E-state index < -0.39 is 6.10 Å². The zero-order valence-electron chi connectivity index (χ0n) is 13.6. The summed E-state index contributed by atoms with van der Waals surface area (Å²) in [6.07, 6.45) is 0.0751. The molecule has 1 atom stereocenters. The lowest BCUT2D eigenvalue weighted by Crippen LogP contribution is -2.48. The zero-order chi connectivity index (χ0) is 15.6. The average molecular weight is 292 g/mol. The molecule has 0 saturated heterocycles. The summed E-state index contributed by atoms with van der Waals surface area (Å²) >= 11 is 0. The van der Waals surface area contributed by atoms with Crippen LogP contribution in [-0.4, -0.2) is 30.3 Å². The highest BCUT2D eigenvalue weighted by Crippen LogP contribution is 2.39. The molecule has 4 heteroatoms. The maximum absolute atomic E-state index is 10.2. The molecular formula is C17H28N2O2. The Morgan fingerprint density at radius 1 is 1.38 bits per heavy atom. The van der Waals surface area contributed by atoms with Gasteiger partial charge in [0.15, 0.2) is 0 Å². The lowest BCUT2D eigenvalue weighted by molar-refractivity contribution is 0.104. The number of nitrogens with two attached hydrogens (primary N) is 1. The summed E-state index contributed by atoms with van der Waals surface area (Å²) < 4.78 is 6.08. The lowest BCUT2D eigenvalue weighted by atomic mass is 10.00. The number of hydrogen-bond acceptors (Lipinski definition) is 4. The average Bonchev–Trinajstić information content (AvgIpc) is 2.36. The number of anilines is 1. The monoisotopic (exact) mass is 292 g/mol. The first-order valence-corrected chi connectivity index (χ1v) is 7.78. The molecule has 1 aliphatic rings. The van der Waals surface area contributed by atoms with Crippen LogP contribution < -0.4 is 15.4 Å². The minimum atomic E-state index is -0.504. The molecule has 0 aliphatic carbocycles. The highest BCUT2D eigenvalue weighted by Gasteiger charge is 2.32. The van der Waals surface area contributed by atoms with Crippen LogP contribution in [0.2, 0.25) is 0 Å². The fraction of sp³-hybridized carbons (Fsp3) is 0.647. The summed E-state index contributed by atoms with van der Waals surface area (Å²) in [5.74, 6) is 1.47. The number of fused-ring (bicyclic) bond motifs is 1. The molecule has 1 unspecified atom stereocenters. The van der Waals surface area contributed by atoms with Gasteiger partial charge in [-0.1, -0.05) is 19.9 Å². The van der Waals surface area contributed by atoms with Gasteiger partial charge in [-0.2, -0.15) is 0 Å². The van der Waals surface area contributed by atoms with Gasteiger partial charge in [-0.3, -0.25) is 0 Å². The van der Waals surface area contributed by atoms with E-state index in [-0.39, 0.29) is 5.60 Å². The Labute approximate surface area is 127 Å². The van der Waals surface area contributed by atoms with Crippen molar-refractivity contribution < 1.29 is 9.84 Å². The summed E-state index contributed by atoms with van der Waals surface area (Å²) in [7, 11) is 0. The molecule has 1 aromatic carbocycles. The van der Waals surface area contributed by atoms with E-state index in [1.165, 1.54) is 0 Å². The summed E-state index contributed by atoms with van der Waals surface area (Å²) in [5, 5.41) is 10.2. The third-order valence-corrected chi connectivity index (χ3v) is 3.69. The van der Waals surface area contributed by atoms with Crippen LogP contribution in [0.1, 0.15) is 45.8 Å². The van der Waals surface area contributed by atoms with Crippen LogP contribution in [0.3, 0.4) is 0 Å². The molecule has 21 heavy (non-hydrogen) atoms.